The van der Waals surface area contributed by atoms with Crippen LogP contribution in [-0.4, -0.2) is 37.0 Å². The van der Waals surface area contributed by atoms with E-state index in [9.17, 15) is 5.11 Å². The van der Waals surface area contributed by atoms with E-state index in [0.29, 0.717) is 0 Å². The average Bonchev–Trinajstić information content (AvgIpc) is 2.97. The number of hydrogen-bond acceptors (Lipinski definition) is 2. The van der Waals surface area contributed by atoms with Crippen LogP contribution in [-0.2, 0) is 4.74 Å². The first-order valence-corrected chi connectivity index (χ1v) is 8.61. The van der Waals surface area contributed by atoms with Gasteiger partial charge in [-0.25, -0.2) is 0 Å². The molecule has 4 aliphatic carbocycles. The van der Waals surface area contributed by atoms with Crippen molar-refractivity contribution >= 4 is 69.6 Å². The van der Waals surface area contributed by atoms with Gasteiger partial charge < -0.3 is 9.84 Å². The second-order valence-corrected chi connectivity index (χ2v) is 9.69. The molecule has 5 aliphatic rings. The molecular formula is C12H8Cl6O2. The largest absolute Gasteiger partial charge is 0.387 e. The Kier molecular flexibility index (Phi) is 2.26. The maximum Gasteiger partial charge on any atom is 0.169 e. The minimum absolute atomic E-state index is 0.00358. The molecule has 2 nitrogen and oxygen atoms in total. The van der Waals surface area contributed by atoms with Crippen LogP contribution >= 0.6 is 69.6 Å². The van der Waals surface area contributed by atoms with Gasteiger partial charge in [-0.3, -0.25) is 0 Å². The van der Waals surface area contributed by atoms with E-state index in [1.165, 1.54) is 0 Å². The van der Waals surface area contributed by atoms with Gasteiger partial charge in [0, 0.05) is 11.8 Å². The van der Waals surface area contributed by atoms with Crippen molar-refractivity contribution in [2.75, 3.05) is 0 Å². The summed E-state index contributed by atoms with van der Waals surface area (Å²) >= 11 is 39.1. The Labute approximate surface area is 145 Å². The molecule has 20 heavy (non-hydrogen) atoms. The van der Waals surface area contributed by atoms with E-state index in [4.69, 9.17) is 74.3 Å². The lowest BCUT2D eigenvalue weighted by molar-refractivity contribution is -0.0559. The van der Waals surface area contributed by atoms with Gasteiger partial charge in [-0.15, -0.1) is 23.2 Å². The van der Waals surface area contributed by atoms with Crippen LogP contribution < -0.4 is 0 Å². The zero-order valence-electron chi connectivity index (χ0n) is 9.72. The minimum Gasteiger partial charge on any atom is -0.387 e. The number of ether oxygens (including phenoxy) is 1. The van der Waals surface area contributed by atoms with Gasteiger partial charge >= 0.3 is 0 Å². The SMILES string of the molecule is O[C@]12[C@@H]3C[C@@H]([C@H]4O[C@H]43)[C@H]1[C@]1(Cl)C(Cl)=C(Cl)[C@@]2(Cl)C1(Cl)Cl. The Hall–Kier alpha value is 1.40. The Morgan fingerprint density at radius 3 is 2.35 bits per heavy atom. The lowest BCUT2D eigenvalue weighted by Crippen LogP contribution is -2.60. The second kappa shape index (κ2) is 3.28. The Balaban J connectivity index is 1.86. The van der Waals surface area contributed by atoms with Crippen molar-refractivity contribution in [3.8, 4) is 0 Å². The van der Waals surface area contributed by atoms with Crippen LogP contribution in [0.5, 0.6) is 0 Å². The third kappa shape index (κ3) is 0.922. The van der Waals surface area contributed by atoms with Crippen molar-refractivity contribution in [3.05, 3.63) is 10.1 Å². The lowest BCUT2D eigenvalue weighted by atomic mass is 9.69. The molecule has 4 fully saturated rings. The maximum absolute atomic E-state index is 11.4. The molecule has 0 aromatic rings. The number of halogens is 6. The Morgan fingerprint density at radius 1 is 1.05 bits per heavy atom. The van der Waals surface area contributed by atoms with E-state index >= 15 is 0 Å². The second-order valence-electron chi connectivity index (χ2n) is 6.45. The van der Waals surface area contributed by atoms with Crippen LogP contribution in [0.25, 0.3) is 0 Å². The lowest BCUT2D eigenvalue weighted by Gasteiger charge is -2.45. The summed E-state index contributed by atoms with van der Waals surface area (Å²) in [5.41, 5.74) is -1.39. The maximum atomic E-state index is 11.4. The summed E-state index contributed by atoms with van der Waals surface area (Å²) in [4.78, 5) is -2.97. The molecule has 8 atom stereocenters. The van der Waals surface area contributed by atoms with Crippen LogP contribution in [0.15, 0.2) is 10.1 Å². The summed E-state index contributed by atoms with van der Waals surface area (Å²) in [5, 5.41) is 11.6. The number of alkyl halides is 4. The molecule has 0 aromatic carbocycles. The standard InChI is InChI=1S/C12H8Cl6O2/c13-7-8(14)11(16)10(19)3-1-2(4-5(3)20-4)6(10)9(7,15)12(11,17)18/h2-6,19H,1H2/t2-,3+,4+,5-,6-,9-,10+,11-/m0/s1. The highest BCUT2D eigenvalue weighted by Gasteiger charge is 2.95. The van der Waals surface area contributed by atoms with E-state index in [-0.39, 0.29) is 34.1 Å². The quantitative estimate of drug-likeness (QED) is 0.385. The van der Waals surface area contributed by atoms with Gasteiger partial charge in [-0.05, 0) is 12.3 Å². The molecule has 110 valence electrons. The molecule has 8 heteroatoms. The summed E-state index contributed by atoms with van der Waals surface area (Å²) in [6.45, 7) is 0. The molecule has 1 aliphatic heterocycles. The number of hydrogen-bond donors (Lipinski definition) is 1. The van der Waals surface area contributed by atoms with E-state index in [0.717, 1.165) is 6.42 Å². The summed E-state index contributed by atoms with van der Waals surface area (Å²) < 4.78 is 3.96. The third-order valence-electron chi connectivity index (χ3n) is 6.06. The summed E-state index contributed by atoms with van der Waals surface area (Å²) in [6.07, 6.45) is 0.897. The van der Waals surface area contributed by atoms with Crippen LogP contribution in [0, 0.1) is 17.8 Å². The van der Waals surface area contributed by atoms with Gasteiger partial charge in [0.1, 0.15) is 15.3 Å². The first kappa shape index (κ1) is 13.8. The average molecular weight is 397 g/mol. The molecule has 1 N–H and O–H groups in total. The fourth-order valence-corrected chi connectivity index (χ4v) is 8.51. The highest BCUT2D eigenvalue weighted by atomic mass is 35.5. The van der Waals surface area contributed by atoms with Gasteiger partial charge in [0.05, 0.1) is 22.3 Å². The molecular weight excluding hydrogens is 389 g/mol. The van der Waals surface area contributed by atoms with Crippen molar-refractivity contribution in [3.63, 3.8) is 0 Å². The van der Waals surface area contributed by atoms with Gasteiger partial charge in [0.25, 0.3) is 0 Å². The first-order valence-electron chi connectivity index (χ1n) is 6.34. The van der Waals surface area contributed by atoms with E-state index in [1.54, 1.807) is 0 Å². The van der Waals surface area contributed by atoms with E-state index < -0.39 is 25.6 Å². The summed E-state index contributed by atoms with van der Waals surface area (Å²) in [7, 11) is 0. The predicted molar refractivity (Wildman–Crippen MR) is 79.0 cm³/mol. The number of allylic oxidation sites excluding steroid dienone is 1. The van der Waals surface area contributed by atoms with Crippen molar-refractivity contribution in [1.29, 1.82) is 0 Å². The fourth-order valence-electron chi connectivity index (χ4n) is 5.34. The fraction of sp³-hybridized carbons (Fsp3) is 0.833. The van der Waals surface area contributed by atoms with Crippen LogP contribution in [0.1, 0.15) is 6.42 Å². The normalized spacial score (nSPS) is 67.7. The Morgan fingerprint density at radius 2 is 1.70 bits per heavy atom. The summed E-state index contributed by atoms with van der Waals surface area (Å²) in [6, 6.07) is 0. The zero-order valence-corrected chi connectivity index (χ0v) is 14.3. The number of aliphatic hydroxyl groups is 1. The van der Waals surface area contributed by atoms with E-state index in [2.05, 4.69) is 0 Å². The number of fused-ring (bicyclic) bond motifs is 12. The number of epoxide rings is 1. The van der Waals surface area contributed by atoms with Gasteiger partial charge in [-0.2, -0.15) is 0 Å². The summed E-state index contributed by atoms with van der Waals surface area (Å²) in [5.74, 6) is -0.549. The van der Waals surface area contributed by atoms with Crippen LogP contribution in [0.2, 0.25) is 0 Å². The molecule has 1 heterocycles. The van der Waals surface area contributed by atoms with Crippen molar-refractivity contribution in [1.82, 2.24) is 0 Å². The monoisotopic (exact) mass is 394 g/mol. The smallest absolute Gasteiger partial charge is 0.169 e. The van der Waals surface area contributed by atoms with Gasteiger partial charge in [0.2, 0.25) is 0 Å². The van der Waals surface area contributed by atoms with E-state index in [1.807, 2.05) is 0 Å². The minimum atomic E-state index is -1.66. The molecule has 1 saturated heterocycles. The topological polar surface area (TPSA) is 32.8 Å². The molecule has 0 unspecified atom stereocenters. The predicted octanol–water partition coefficient (Wildman–Crippen LogP) is 3.60. The van der Waals surface area contributed by atoms with Gasteiger partial charge in [-0.1, -0.05) is 46.4 Å². The molecule has 0 spiro atoms. The molecule has 3 saturated carbocycles. The Bertz CT molecular complexity index is 607. The molecule has 0 amide bonds. The molecule has 5 rings (SSSR count). The molecule has 4 bridgehead atoms. The van der Waals surface area contributed by atoms with Crippen molar-refractivity contribution < 1.29 is 9.84 Å². The number of rotatable bonds is 0. The molecule has 0 radical (unpaired) electrons. The highest BCUT2D eigenvalue weighted by molar-refractivity contribution is 6.66. The first-order chi connectivity index (χ1) is 9.15. The molecule has 0 aromatic heterocycles. The van der Waals surface area contributed by atoms with Crippen LogP contribution in [0.4, 0.5) is 0 Å². The van der Waals surface area contributed by atoms with Crippen LogP contribution in [0.3, 0.4) is 0 Å². The zero-order chi connectivity index (χ0) is 14.5. The third-order valence-corrected chi connectivity index (χ3v) is 10.3. The highest BCUT2D eigenvalue weighted by Crippen LogP contribution is 2.85. The van der Waals surface area contributed by atoms with Crippen molar-refractivity contribution in [2.24, 2.45) is 17.8 Å². The van der Waals surface area contributed by atoms with Gasteiger partial charge in [0.15, 0.2) is 4.33 Å². The van der Waals surface area contributed by atoms with Crippen molar-refractivity contribution in [2.45, 2.75) is 38.3 Å².